The average Bonchev–Trinajstić information content (AvgIpc) is 2.74. The lowest BCUT2D eigenvalue weighted by Crippen LogP contribution is -2.66. The summed E-state index contributed by atoms with van der Waals surface area (Å²) in [5.74, 6) is 0.575. The Labute approximate surface area is 186 Å². The molecule has 2 aromatic rings. The fourth-order valence-electron chi connectivity index (χ4n) is 3.91. The van der Waals surface area contributed by atoms with Crippen LogP contribution in [0.4, 0.5) is 10.5 Å². The first-order chi connectivity index (χ1) is 14.9. The first-order valence-electron chi connectivity index (χ1n) is 9.99. The van der Waals surface area contributed by atoms with Gasteiger partial charge in [0.25, 0.3) is 0 Å². The van der Waals surface area contributed by atoms with Gasteiger partial charge in [0.05, 0.1) is 35.9 Å². The number of rotatable bonds is 6. The van der Waals surface area contributed by atoms with Crippen LogP contribution in [0.15, 0.2) is 53.4 Å². The van der Waals surface area contributed by atoms with Crippen molar-refractivity contribution in [2.45, 2.75) is 36.0 Å². The third kappa shape index (κ3) is 4.64. The van der Waals surface area contributed by atoms with Crippen molar-refractivity contribution in [2.75, 3.05) is 25.5 Å². The Bertz CT molecular complexity index is 1050. The minimum atomic E-state index is -3.57. The van der Waals surface area contributed by atoms with Gasteiger partial charge < -0.3 is 20.1 Å². The van der Waals surface area contributed by atoms with E-state index >= 15 is 0 Å². The molecule has 0 saturated carbocycles. The van der Waals surface area contributed by atoms with Crippen LogP contribution in [0.1, 0.15) is 12.8 Å². The lowest BCUT2D eigenvalue weighted by atomic mass is 9.92. The molecule has 2 fully saturated rings. The lowest BCUT2D eigenvalue weighted by molar-refractivity contribution is -0.136. The Morgan fingerprint density at radius 2 is 1.94 bits per heavy atom. The van der Waals surface area contributed by atoms with Crippen LogP contribution in [0.5, 0.6) is 5.75 Å². The molecule has 0 aliphatic carbocycles. The standard InChI is InChI=1S/C21H24ClN3O5S/c1-29-19-5-3-2-4-17(19)24-21(26)23-12-15-8-11-18-20(30-15)13-25(18)31(27,28)16-9-6-14(22)7-10-16/h2-7,9-10,15,18,20H,8,11-13H2,1H3,(H2,23,24,26)/t15-,18+,20+/m0/s1. The second kappa shape index (κ2) is 9.04. The van der Waals surface area contributed by atoms with Gasteiger partial charge in [-0.25, -0.2) is 13.2 Å². The number of urea groups is 1. The highest BCUT2D eigenvalue weighted by molar-refractivity contribution is 7.89. The number of sulfonamides is 1. The number of para-hydroxylation sites is 2. The maximum atomic E-state index is 12.9. The zero-order valence-corrected chi connectivity index (χ0v) is 18.5. The number of anilines is 1. The molecular weight excluding hydrogens is 442 g/mol. The number of fused-ring (bicyclic) bond motifs is 1. The highest BCUT2D eigenvalue weighted by Gasteiger charge is 2.49. The normalized spacial score (nSPS) is 23.4. The van der Waals surface area contributed by atoms with Crippen molar-refractivity contribution in [1.82, 2.24) is 9.62 Å². The van der Waals surface area contributed by atoms with E-state index in [1.807, 2.05) is 12.1 Å². The fourth-order valence-corrected chi connectivity index (χ4v) is 5.72. The summed E-state index contributed by atoms with van der Waals surface area (Å²) in [5, 5.41) is 6.06. The molecule has 2 heterocycles. The molecule has 166 valence electrons. The number of nitrogens with one attached hydrogen (secondary N) is 2. The molecule has 3 atom stereocenters. The molecule has 8 nitrogen and oxygen atoms in total. The number of benzene rings is 2. The summed E-state index contributed by atoms with van der Waals surface area (Å²) in [4.78, 5) is 12.4. The monoisotopic (exact) mass is 465 g/mol. The van der Waals surface area contributed by atoms with Crippen molar-refractivity contribution < 1.29 is 22.7 Å². The molecule has 2 amide bonds. The molecule has 0 radical (unpaired) electrons. The SMILES string of the molecule is COc1ccccc1NC(=O)NC[C@@H]1CC[C@@H]2[C@@H](CN2S(=O)(=O)c2ccc(Cl)cc2)O1. The van der Waals surface area contributed by atoms with Gasteiger partial charge in [0.1, 0.15) is 5.75 Å². The van der Waals surface area contributed by atoms with Gasteiger partial charge in [0.15, 0.2) is 0 Å². The van der Waals surface area contributed by atoms with Crippen molar-refractivity contribution in [3.63, 3.8) is 0 Å². The summed E-state index contributed by atoms with van der Waals surface area (Å²) in [5.41, 5.74) is 0.578. The molecule has 2 aromatic carbocycles. The molecule has 0 bridgehead atoms. The number of methoxy groups -OCH3 is 1. The van der Waals surface area contributed by atoms with Gasteiger partial charge in [-0.3, -0.25) is 0 Å². The van der Waals surface area contributed by atoms with E-state index in [0.29, 0.717) is 42.4 Å². The van der Waals surface area contributed by atoms with Crippen LogP contribution in [-0.4, -0.2) is 57.2 Å². The molecule has 2 aliphatic heterocycles. The number of carbonyl (C=O) groups is 1. The maximum Gasteiger partial charge on any atom is 0.319 e. The zero-order valence-electron chi connectivity index (χ0n) is 17.0. The number of amides is 2. The van der Waals surface area contributed by atoms with Gasteiger partial charge in [-0.2, -0.15) is 4.31 Å². The molecule has 2 saturated heterocycles. The number of nitrogens with zero attached hydrogens (tertiary/aromatic N) is 1. The van der Waals surface area contributed by atoms with E-state index in [1.165, 1.54) is 16.4 Å². The van der Waals surface area contributed by atoms with E-state index in [1.54, 1.807) is 31.4 Å². The molecular formula is C21H24ClN3O5S. The molecule has 0 aromatic heterocycles. The van der Waals surface area contributed by atoms with E-state index in [2.05, 4.69) is 10.6 Å². The Morgan fingerprint density at radius 3 is 2.65 bits per heavy atom. The number of ether oxygens (including phenoxy) is 2. The van der Waals surface area contributed by atoms with Crippen LogP contribution in [0.25, 0.3) is 0 Å². The lowest BCUT2D eigenvalue weighted by Gasteiger charge is -2.50. The predicted octanol–water partition coefficient (Wildman–Crippen LogP) is 3.09. The Hall–Kier alpha value is -2.33. The largest absolute Gasteiger partial charge is 0.495 e. The third-order valence-electron chi connectivity index (χ3n) is 5.58. The first kappa shape index (κ1) is 21.9. The Balaban J connectivity index is 1.27. The van der Waals surface area contributed by atoms with Crippen LogP contribution in [0, 0.1) is 0 Å². The average molecular weight is 466 g/mol. The summed E-state index contributed by atoms with van der Waals surface area (Å²) in [6.07, 6.45) is 1.01. The van der Waals surface area contributed by atoms with Crippen molar-refractivity contribution >= 4 is 33.3 Å². The Kier molecular flexibility index (Phi) is 6.38. The van der Waals surface area contributed by atoms with Crippen LogP contribution in [0.2, 0.25) is 5.02 Å². The van der Waals surface area contributed by atoms with Crippen molar-refractivity contribution in [2.24, 2.45) is 0 Å². The number of carbonyl (C=O) groups excluding carboxylic acids is 1. The van der Waals surface area contributed by atoms with E-state index in [9.17, 15) is 13.2 Å². The molecule has 4 rings (SSSR count). The molecule has 2 N–H and O–H groups in total. The quantitative estimate of drug-likeness (QED) is 0.683. The van der Waals surface area contributed by atoms with E-state index in [4.69, 9.17) is 21.1 Å². The maximum absolute atomic E-state index is 12.9. The van der Waals surface area contributed by atoms with Gasteiger partial charge in [-0.15, -0.1) is 0 Å². The zero-order chi connectivity index (χ0) is 22.0. The number of halogens is 1. The van der Waals surface area contributed by atoms with Crippen molar-refractivity contribution in [3.05, 3.63) is 53.6 Å². The summed E-state index contributed by atoms with van der Waals surface area (Å²) in [6, 6.07) is 12.8. The van der Waals surface area contributed by atoms with Crippen LogP contribution < -0.4 is 15.4 Å². The van der Waals surface area contributed by atoms with Crippen molar-refractivity contribution in [1.29, 1.82) is 0 Å². The van der Waals surface area contributed by atoms with Gasteiger partial charge >= 0.3 is 6.03 Å². The van der Waals surface area contributed by atoms with Crippen molar-refractivity contribution in [3.8, 4) is 5.75 Å². The van der Waals surface area contributed by atoms with E-state index in [0.717, 1.165) is 0 Å². The first-order valence-corrected chi connectivity index (χ1v) is 11.8. The summed E-state index contributed by atoms with van der Waals surface area (Å²) in [7, 11) is -2.03. The second-order valence-corrected chi connectivity index (χ2v) is 9.83. The fraction of sp³-hybridized carbons (Fsp3) is 0.381. The number of hydrogen-bond acceptors (Lipinski definition) is 5. The van der Waals surface area contributed by atoms with Crippen LogP contribution >= 0.6 is 11.6 Å². The highest BCUT2D eigenvalue weighted by atomic mass is 35.5. The summed E-state index contributed by atoms with van der Waals surface area (Å²) < 4.78 is 38.4. The molecule has 0 spiro atoms. The summed E-state index contributed by atoms with van der Waals surface area (Å²) in [6.45, 7) is 0.647. The molecule has 2 aliphatic rings. The molecule has 10 heteroatoms. The second-order valence-electron chi connectivity index (χ2n) is 7.51. The van der Waals surface area contributed by atoms with Gasteiger partial charge in [-0.1, -0.05) is 23.7 Å². The topological polar surface area (TPSA) is 97.0 Å². The number of hydrogen-bond donors (Lipinski definition) is 2. The minimum Gasteiger partial charge on any atom is -0.495 e. The predicted molar refractivity (Wildman–Crippen MR) is 117 cm³/mol. The smallest absolute Gasteiger partial charge is 0.319 e. The van der Waals surface area contributed by atoms with Gasteiger partial charge in [0.2, 0.25) is 10.0 Å². The Morgan fingerprint density at radius 1 is 1.19 bits per heavy atom. The molecule has 31 heavy (non-hydrogen) atoms. The highest BCUT2D eigenvalue weighted by Crippen LogP contribution is 2.36. The third-order valence-corrected chi connectivity index (χ3v) is 7.73. The van der Waals surface area contributed by atoms with Crippen LogP contribution in [-0.2, 0) is 14.8 Å². The van der Waals surface area contributed by atoms with Gasteiger partial charge in [-0.05, 0) is 49.2 Å². The van der Waals surface area contributed by atoms with E-state index in [-0.39, 0.29) is 29.2 Å². The molecule has 0 unspecified atom stereocenters. The van der Waals surface area contributed by atoms with E-state index < -0.39 is 10.0 Å². The van der Waals surface area contributed by atoms with Crippen LogP contribution in [0.3, 0.4) is 0 Å². The summed E-state index contributed by atoms with van der Waals surface area (Å²) >= 11 is 5.86. The van der Waals surface area contributed by atoms with Gasteiger partial charge in [0, 0.05) is 18.1 Å². The minimum absolute atomic E-state index is 0.162.